The number of benzene rings is 2. The third-order valence-corrected chi connectivity index (χ3v) is 3.98. The summed E-state index contributed by atoms with van der Waals surface area (Å²) in [7, 11) is 0. The molecule has 0 saturated carbocycles. The van der Waals surface area contributed by atoms with Gasteiger partial charge in [0.15, 0.2) is 0 Å². The van der Waals surface area contributed by atoms with E-state index in [1.165, 1.54) is 38.9 Å². The Morgan fingerprint density at radius 1 is 0.706 bits per heavy atom. The predicted molar refractivity (Wildman–Crippen MR) is 74.4 cm³/mol. The maximum absolute atomic E-state index is 3.34. The molecule has 2 aromatic carbocycles. The standard InChI is InChI=1S/C17H19/c1-11-12(2)14(4)17(15(5)13(11)3)16-9-7-6-8-10-16/h6-9H,1-5H3. The lowest BCUT2D eigenvalue weighted by Crippen LogP contribution is -1.99. The van der Waals surface area contributed by atoms with Crippen LogP contribution in [0.1, 0.15) is 27.8 Å². The van der Waals surface area contributed by atoms with E-state index in [-0.39, 0.29) is 0 Å². The Balaban J connectivity index is 2.80. The van der Waals surface area contributed by atoms with Crippen molar-refractivity contribution in [1.29, 1.82) is 0 Å². The van der Waals surface area contributed by atoms with E-state index in [4.69, 9.17) is 0 Å². The van der Waals surface area contributed by atoms with Crippen LogP contribution in [0.4, 0.5) is 0 Å². The summed E-state index contributed by atoms with van der Waals surface area (Å²) < 4.78 is 0. The topological polar surface area (TPSA) is 0 Å². The molecule has 2 aromatic rings. The highest BCUT2D eigenvalue weighted by atomic mass is 14.2. The van der Waals surface area contributed by atoms with Gasteiger partial charge in [-0.15, -0.1) is 0 Å². The van der Waals surface area contributed by atoms with E-state index in [1.54, 1.807) is 0 Å². The monoisotopic (exact) mass is 223 g/mol. The first kappa shape index (κ1) is 11.9. The van der Waals surface area contributed by atoms with Crippen molar-refractivity contribution < 1.29 is 0 Å². The first-order valence-electron chi connectivity index (χ1n) is 6.08. The van der Waals surface area contributed by atoms with Gasteiger partial charge in [-0.05, 0) is 79.6 Å². The van der Waals surface area contributed by atoms with Crippen LogP contribution >= 0.6 is 0 Å². The molecule has 0 aliphatic carbocycles. The predicted octanol–water partition coefficient (Wildman–Crippen LogP) is 4.70. The minimum atomic E-state index is 1.20. The molecule has 0 nitrogen and oxygen atoms in total. The summed E-state index contributed by atoms with van der Waals surface area (Å²) in [4.78, 5) is 0. The largest absolute Gasteiger partial charge is 0.0616 e. The normalized spacial score (nSPS) is 10.6. The minimum Gasteiger partial charge on any atom is -0.0616 e. The zero-order valence-electron chi connectivity index (χ0n) is 11.3. The first-order valence-corrected chi connectivity index (χ1v) is 6.08. The van der Waals surface area contributed by atoms with Gasteiger partial charge in [0.25, 0.3) is 0 Å². The SMILES string of the molecule is Cc1c(C)c(C)c(-c2[c]cccc2)c(C)c1C. The van der Waals surface area contributed by atoms with Gasteiger partial charge in [0.2, 0.25) is 0 Å². The molecule has 0 bridgehead atoms. The third kappa shape index (κ3) is 1.88. The Bertz CT molecular complexity index is 519. The zero-order chi connectivity index (χ0) is 12.6. The minimum absolute atomic E-state index is 1.20. The maximum atomic E-state index is 3.34. The van der Waals surface area contributed by atoms with Gasteiger partial charge >= 0.3 is 0 Å². The fraction of sp³-hybridized carbons (Fsp3) is 0.294. The summed E-state index contributed by atoms with van der Waals surface area (Å²) in [5, 5.41) is 0. The van der Waals surface area contributed by atoms with Crippen molar-refractivity contribution in [1.82, 2.24) is 0 Å². The third-order valence-electron chi connectivity index (χ3n) is 3.98. The average Bonchev–Trinajstić information content (AvgIpc) is 2.36. The van der Waals surface area contributed by atoms with Gasteiger partial charge < -0.3 is 0 Å². The summed E-state index contributed by atoms with van der Waals surface area (Å²) in [6, 6.07) is 11.6. The molecule has 0 heterocycles. The zero-order valence-corrected chi connectivity index (χ0v) is 11.3. The van der Waals surface area contributed by atoms with Gasteiger partial charge in [0.05, 0.1) is 0 Å². The second-order valence-electron chi connectivity index (χ2n) is 4.78. The van der Waals surface area contributed by atoms with Crippen LogP contribution in [0.25, 0.3) is 11.1 Å². The summed E-state index contributed by atoms with van der Waals surface area (Å²) >= 11 is 0. The molecule has 0 aliphatic heterocycles. The van der Waals surface area contributed by atoms with E-state index >= 15 is 0 Å². The maximum Gasteiger partial charge on any atom is -0.00990 e. The van der Waals surface area contributed by atoms with Gasteiger partial charge in [0.1, 0.15) is 0 Å². The molecule has 2 rings (SSSR count). The lowest BCUT2D eigenvalue weighted by atomic mass is 9.86. The van der Waals surface area contributed by atoms with E-state index < -0.39 is 0 Å². The van der Waals surface area contributed by atoms with Crippen molar-refractivity contribution in [3.63, 3.8) is 0 Å². The molecular formula is C17H19. The molecule has 0 spiro atoms. The van der Waals surface area contributed by atoms with Gasteiger partial charge in [-0.2, -0.15) is 0 Å². The van der Waals surface area contributed by atoms with Crippen molar-refractivity contribution in [2.24, 2.45) is 0 Å². The van der Waals surface area contributed by atoms with Crippen LogP contribution < -0.4 is 0 Å². The Morgan fingerprint density at radius 3 is 1.71 bits per heavy atom. The molecular weight excluding hydrogens is 204 g/mol. The highest BCUT2D eigenvalue weighted by Gasteiger charge is 2.13. The summed E-state index contributed by atoms with van der Waals surface area (Å²) in [6.45, 7) is 11.1. The van der Waals surface area contributed by atoms with Crippen LogP contribution in [0.15, 0.2) is 24.3 Å². The second-order valence-corrected chi connectivity index (χ2v) is 4.78. The van der Waals surface area contributed by atoms with Crippen molar-refractivity contribution in [2.75, 3.05) is 0 Å². The van der Waals surface area contributed by atoms with E-state index in [1.807, 2.05) is 12.1 Å². The molecule has 0 atom stereocenters. The lowest BCUT2D eigenvalue weighted by Gasteiger charge is -2.18. The molecule has 17 heavy (non-hydrogen) atoms. The molecule has 0 heteroatoms. The quantitative estimate of drug-likeness (QED) is 0.657. The molecule has 0 unspecified atom stereocenters. The Labute approximate surface area is 104 Å². The molecule has 87 valence electrons. The van der Waals surface area contributed by atoms with Gasteiger partial charge in [-0.3, -0.25) is 0 Å². The Hall–Kier alpha value is -1.56. The summed E-state index contributed by atoms with van der Waals surface area (Å²) in [5.41, 5.74) is 9.54. The smallest absolute Gasteiger partial charge is 0.00990 e. The molecule has 0 amide bonds. The summed E-state index contributed by atoms with van der Waals surface area (Å²) in [5.74, 6) is 0. The van der Waals surface area contributed by atoms with Crippen molar-refractivity contribution >= 4 is 0 Å². The van der Waals surface area contributed by atoms with Gasteiger partial charge in [0, 0.05) is 0 Å². The molecule has 0 aromatic heterocycles. The van der Waals surface area contributed by atoms with Gasteiger partial charge in [-0.1, -0.05) is 24.3 Å². The van der Waals surface area contributed by atoms with Crippen LogP contribution in [-0.4, -0.2) is 0 Å². The lowest BCUT2D eigenvalue weighted by molar-refractivity contribution is 1.18. The molecule has 0 fully saturated rings. The van der Waals surface area contributed by atoms with Crippen LogP contribution in [0, 0.1) is 40.7 Å². The van der Waals surface area contributed by atoms with Crippen LogP contribution in [-0.2, 0) is 0 Å². The van der Waals surface area contributed by atoms with Crippen molar-refractivity contribution in [3.8, 4) is 11.1 Å². The van der Waals surface area contributed by atoms with E-state index in [0.29, 0.717) is 0 Å². The van der Waals surface area contributed by atoms with E-state index in [9.17, 15) is 0 Å². The molecule has 0 saturated heterocycles. The second kappa shape index (κ2) is 4.37. The highest BCUT2D eigenvalue weighted by Crippen LogP contribution is 2.33. The highest BCUT2D eigenvalue weighted by molar-refractivity contribution is 5.74. The fourth-order valence-corrected chi connectivity index (χ4v) is 2.45. The molecule has 0 aliphatic rings. The number of hydrogen-bond donors (Lipinski definition) is 0. The molecule has 1 radical (unpaired) electrons. The Kier molecular flexibility index (Phi) is 3.06. The number of hydrogen-bond acceptors (Lipinski definition) is 0. The van der Waals surface area contributed by atoms with Crippen molar-refractivity contribution in [2.45, 2.75) is 34.6 Å². The number of rotatable bonds is 1. The fourth-order valence-electron chi connectivity index (χ4n) is 2.45. The first-order chi connectivity index (χ1) is 8.04. The van der Waals surface area contributed by atoms with Crippen molar-refractivity contribution in [3.05, 3.63) is 58.1 Å². The van der Waals surface area contributed by atoms with E-state index in [0.717, 1.165) is 0 Å². The summed E-state index contributed by atoms with van der Waals surface area (Å²) in [6.07, 6.45) is 0. The Morgan fingerprint density at radius 2 is 1.24 bits per heavy atom. The average molecular weight is 223 g/mol. The van der Waals surface area contributed by atoms with Crippen LogP contribution in [0.5, 0.6) is 0 Å². The molecule has 0 N–H and O–H groups in total. The van der Waals surface area contributed by atoms with Gasteiger partial charge in [-0.25, -0.2) is 0 Å². The van der Waals surface area contributed by atoms with Crippen LogP contribution in [0.2, 0.25) is 0 Å². The van der Waals surface area contributed by atoms with E-state index in [2.05, 4.69) is 52.8 Å². The van der Waals surface area contributed by atoms with Crippen LogP contribution in [0.3, 0.4) is 0 Å².